The molecule has 0 bridgehead atoms. The van der Waals surface area contributed by atoms with Crippen LogP contribution in [0.5, 0.6) is 0 Å². The molecule has 0 radical (unpaired) electrons. The molecule has 0 saturated heterocycles. The minimum absolute atomic E-state index is 0.296. The average molecular weight is 338 g/mol. The summed E-state index contributed by atoms with van der Waals surface area (Å²) in [4.78, 5) is 32.8. The first-order valence-electron chi connectivity index (χ1n) is 7.76. The zero-order valence-electron chi connectivity index (χ0n) is 13.9. The largest absolute Gasteiger partial charge is 0.285 e. The van der Waals surface area contributed by atoms with Crippen LogP contribution in [-0.4, -0.2) is 38.2 Å². The zero-order valence-corrected chi connectivity index (χ0v) is 13.9. The van der Waals surface area contributed by atoms with Gasteiger partial charge in [0.25, 0.3) is 11.8 Å². The Hall–Kier alpha value is -3.13. The lowest BCUT2D eigenvalue weighted by atomic mass is 10.1. The normalized spacial score (nSPS) is 19.4. The van der Waals surface area contributed by atoms with Crippen LogP contribution in [0.25, 0.3) is 0 Å². The molecule has 2 aromatic heterocycles. The van der Waals surface area contributed by atoms with Crippen molar-refractivity contribution in [2.45, 2.75) is 25.9 Å². The van der Waals surface area contributed by atoms with Gasteiger partial charge in [0, 0.05) is 36.9 Å². The van der Waals surface area contributed by atoms with Crippen LogP contribution in [0.2, 0.25) is 0 Å². The number of hydrazine groups is 1. The first kappa shape index (κ1) is 16.7. The number of hydrogen-bond donors (Lipinski definition) is 2. The first-order chi connectivity index (χ1) is 12.0. The molecule has 25 heavy (non-hydrogen) atoms. The Balaban J connectivity index is 1.75. The monoisotopic (exact) mass is 338 g/mol. The molecule has 128 valence electrons. The van der Waals surface area contributed by atoms with Gasteiger partial charge in [-0.1, -0.05) is 0 Å². The minimum Gasteiger partial charge on any atom is -0.285 e. The highest BCUT2D eigenvalue weighted by molar-refractivity contribution is 5.98. The van der Waals surface area contributed by atoms with Gasteiger partial charge in [0.2, 0.25) is 0 Å². The third kappa shape index (κ3) is 3.53. The quantitative estimate of drug-likeness (QED) is 0.820. The van der Waals surface area contributed by atoms with Crippen molar-refractivity contribution in [3.63, 3.8) is 0 Å². The highest BCUT2D eigenvalue weighted by Crippen LogP contribution is 2.26. The number of nitrogens with one attached hydrogen (secondary N) is 2. The molecule has 0 fully saturated rings. The summed E-state index contributed by atoms with van der Waals surface area (Å²) < 4.78 is 0. The van der Waals surface area contributed by atoms with Gasteiger partial charge in [-0.15, -0.1) is 0 Å². The molecule has 8 nitrogen and oxygen atoms in total. The van der Waals surface area contributed by atoms with E-state index in [1.807, 2.05) is 6.92 Å². The Labute approximate surface area is 144 Å². The van der Waals surface area contributed by atoms with Gasteiger partial charge >= 0.3 is 0 Å². The molecule has 1 atom stereocenters. The molecule has 3 rings (SSSR count). The number of pyridine rings is 2. The smallest absolute Gasteiger partial charge is 0.277 e. The second-order valence-corrected chi connectivity index (χ2v) is 5.97. The molecular formula is C17H18N6O2. The summed E-state index contributed by atoms with van der Waals surface area (Å²) in [6.07, 6.45) is 6.62. The van der Waals surface area contributed by atoms with Crippen LogP contribution in [0.4, 0.5) is 0 Å². The Kier molecular flexibility index (Phi) is 4.53. The number of nitrogens with zero attached hydrogens (tertiary/aromatic N) is 4. The minimum atomic E-state index is -0.880. The van der Waals surface area contributed by atoms with E-state index >= 15 is 0 Å². The second kappa shape index (κ2) is 6.78. The fourth-order valence-corrected chi connectivity index (χ4v) is 2.63. The molecule has 2 aromatic rings. The van der Waals surface area contributed by atoms with E-state index in [2.05, 4.69) is 25.9 Å². The van der Waals surface area contributed by atoms with E-state index in [0.717, 1.165) is 5.71 Å². The van der Waals surface area contributed by atoms with Gasteiger partial charge in [0.15, 0.2) is 0 Å². The van der Waals surface area contributed by atoms with Gasteiger partial charge in [-0.3, -0.25) is 25.0 Å². The van der Waals surface area contributed by atoms with Crippen molar-refractivity contribution in [1.82, 2.24) is 25.8 Å². The lowest BCUT2D eigenvalue weighted by Gasteiger charge is -2.33. The molecule has 0 spiro atoms. The van der Waals surface area contributed by atoms with Crippen molar-refractivity contribution in [1.29, 1.82) is 0 Å². The standard InChI is InChI=1S/C17H18N6O2/c1-12-9-17(2,22-20-15(24)13-5-3-7-18-10-13)23(21-12)16(25)14-6-4-8-19-11-14/h3-8,10-11,22H,9H2,1-2H3,(H,20,24). The number of carbonyl (C=O) groups excluding carboxylic acids is 2. The number of amides is 2. The van der Waals surface area contributed by atoms with Gasteiger partial charge in [0.05, 0.1) is 11.1 Å². The molecule has 0 saturated carbocycles. The van der Waals surface area contributed by atoms with Gasteiger partial charge in [0.1, 0.15) is 5.66 Å². The summed E-state index contributed by atoms with van der Waals surface area (Å²) in [5, 5.41) is 5.65. The summed E-state index contributed by atoms with van der Waals surface area (Å²) in [6, 6.07) is 6.70. The van der Waals surface area contributed by atoms with E-state index in [9.17, 15) is 9.59 Å². The summed E-state index contributed by atoms with van der Waals surface area (Å²) in [5.41, 5.74) is 6.30. The maximum Gasteiger partial charge on any atom is 0.277 e. The lowest BCUT2D eigenvalue weighted by Crippen LogP contribution is -2.60. The van der Waals surface area contributed by atoms with Crippen molar-refractivity contribution in [2.24, 2.45) is 5.10 Å². The van der Waals surface area contributed by atoms with E-state index in [1.165, 1.54) is 17.4 Å². The van der Waals surface area contributed by atoms with Crippen molar-refractivity contribution in [2.75, 3.05) is 0 Å². The van der Waals surface area contributed by atoms with Crippen LogP contribution in [-0.2, 0) is 0 Å². The van der Waals surface area contributed by atoms with Crippen molar-refractivity contribution >= 4 is 17.5 Å². The molecule has 0 aliphatic carbocycles. The van der Waals surface area contributed by atoms with E-state index in [1.54, 1.807) is 43.6 Å². The Morgan fingerprint density at radius 2 is 1.76 bits per heavy atom. The number of rotatable bonds is 4. The van der Waals surface area contributed by atoms with Crippen molar-refractivity contribution < 1.29 is 9.59 Å². The van der Waals surface area contributed by atoms with Crippen LogP contribution >= 0.6 is 0 Å². The van der Waals surface area contributed by atoms with E-state index < -0.39 is 5.66 Å². The van der Waals surface area contributed by atoms with Crippen LogP contribution in [0, 0.1) is 0 Å². The zero-order chi connectivity index (χ0) is 17.9. The molecule has 8 heteroatoms. The second-order valence-electron chi connectivity index (χ2n) is 5.97. The summed E-state index contributed by atoms with van der Waals surface area (Å²) >= 11 is 0. The van der Waals surface area contributed by atoms with E-state index in [-0.39, 0.29) is 11.8 Å². The maximum absolute atomic E-state index is 12.7. The molecule has 3 heterocycles. The number of hydrazone groups is 1. The van der Waals surface area contributed by atoms with Gasteiger partial charge in [-0.25, -0.2) is 10.4 Å². The summed E-state index contributed by atoms with van der Waals surface area (Å²) in [5.74, 6) is -0.636. The van der Waals surface area contributed by atoms with Crippen LogP contribution in [0.15, 0.2) is 54.2 Å². The SMILES string of the molecule is CC1=NN(C(=O)c2cccnc2)C(C)(NNC(=O)c2cccnc2)C1. The van der Waals surface area contributed by atoms with Crippen LogP contribution in [0.3, 0.4) is 0 Å². The highest BCUT2D eigenvalue weighted by atomic mass is 16.2. The van der Waals surface area contributed by atoms with E-state index in [4.69, 9.17) is 0 Å². The highest BCUT2D eigenvalue weighted by Gasteiger charge is 2.41. The predicted molar refractivity (Wildman–Crippen MR) is 91.4 cm³/mol. The Bertz CT molecular complexity index is 808. The van der Waals surface area contributed by atoms with Gasteiger partial charge < -0.3 is 0 Å². The topological polar surface area (TPSA) is 99.6 Å². The molecule has 1 aliphatic heterocycles. The lowest BCUT2D eigenvalue weighted by molar-refractivity contribution is 0.0438. The molecule has 1 unspecified atom stereocenters. The van der Waals surface area contributed by atoms with Gasteiger partial charge in [-0.05, 0) is 38.1 Å². The van der Waals surface area contributed by atoms with Crippen LogP contribution < -0.4 is 10.9 Å². The summed E-state index contributed by atoms with van der Waals surface area (Å²) in [7, 11) is 0. The average Bonchev–Trinajstić information content (AvgIpc) is 2.95. The Morgan fingerprint density at radius 3 is 2.36 bits per heavy atom. The number of aromatic nitrogens is 2. The molecular weight excluding hydrogens is 320 g/mol. The third-order valence-electron chi connectivity index (χ3n) is 3.81. The predicted octanol–water partition coefficient (Wildman–Crippen LogP) is 1.35. The third-order valence-corrected chi connectivity index (χ3v) is 3.81. The fraction of sp³-hybridized carbons (Fsp3) is 0.235. The molecule has 2 amide bonds. The molecule has 1 aliphatic rings. The van der Waals surface area contributed by atoms with Crippen molar-refractivity contribution in [3.05, 3.63) is 60.2 Å². The van der Waals surface area contributed by atoms with Crippen molar-refractivity contribution in [3.8, 4) is 0 Å². The molecule has 0 aromatic carbocycles. The molecule has 2 N–H and O–H groups in total. The Morgan fingerprint density at radius 1 is 1.12 bits per heavy atom. The summed E-state index contributed by atoms with van der Waals surface area (Å²) in [6.45, 7) is 3.63. The maximum atomic E-state index is 12.7. The van der Waals surface area contributed by atoms with Gasteiger partial charge in [-0.2, -0.15) is 5.10 Å². The van der Waals surface area contributed by atoms with Crippen LogP contribution in [0.1, 0.15) is 41.0 Å². The first-order valence-corrected chi connectivity index (χ1v) is 7.76. The number of hydrogen-bond acceptors (Lipinski definition) is 6. The number of carbonyl (C=O) groups is 2. The van der Waals surface area contributed by atoms with E-state index in [0.29, 0.717) is 17.5 Å². The fourth-order valence-electron chi connectivity index (χ4n) is 2.63.